The Bertz CT molecular complexity index is 889. The summed E-state index contributed by atoms with van der Waals surface area (Å²) in [6, 6.07) is 12.3. The van der Waals surface area contributed by atoms with E-state index in [2.05, 4.69) is 28.9 Å². The number of hydrogen-bond donors (Lipinski definition) is 1. The van der Waals surface area contributed by atoms with Crippen LogP contribution in [0.3, 0.4) is 0 Å². The van der Waals surface area contributed by atoms with Gasteiger partial charge in [-0.1, -0.05) is 19.1 Å². The van der Waals surface area contributed by atoms with Crippen molar-refractivity contribution < 1.29 is 10.3 Å². The first kappa shape index (κ1) is 18.2. The number of aryl methyl sites for hydroxylation is 2. The van der Waals surface area contributed by atoms with Gasteiger partial charge in [0.05, 0.1) is 11.4 Å². The maximum atomic E-state index is 11.5. The number of hydrogen-bond acceptors (Lipinski definition) is 2. The van der Waals surface area contributed by atoms with Crippen molar-refractivity contribution in [3.63, 3.8) is 0 Å². The quantitative estimate of drug-likeness (QED) is 0.730. The molecular formula is C18H20BrN3O2. The highest BCUT2D eigenvalue weighted by Crippen LogP contribution is 2.30. The smallest absolute Gasteiger partial charge is 0.224 e. The number of benzene rings is 1. The Kier molecular flexibility index (Phi) is 5.41. The fraction of sp³-hybridized carbons (Fsp3) is 0.222. The van der Waals surface area contributed by atoms with Crippen molar-refractivity contribution in [3.8, 4) is 11.3 Å². The average molecular weight is 390 g/mol. The van der Waals surface area contributed by atoms with E-state index in [0.29, 0.717) is 6.42 Å². The van der Waals surface area contributed by atoms with Gasteiger partial charge in [0, 0.05) is 23.9 Å². The topological polar surface area (TPSA) is 77.9 Å². The van der Waals surface area contributed by atoms with Crippen LogP contribution in [-0.2, 0) is 17.6 Å². The molecule has 1 aliphatic heterocycles. The maximum Gasteiger partial charge on any atom is 0.224 e. The van der Waals surface area contributed by atoms with Gasteiger partial charge in [-0.05, 0) is 42.7 Å². The number of nitrogens with zero attached hydrogens (tertiary/aromatic N) is 2. The SMILES string of the molecule is Br.CCc1c(-c2ccc3c(c2)CCC(=O)N3)nc2ccccn12.O. The van der Waals surface area contributed by atoms with Crippen LogP contribution >= 0.6 is 17.0 Å². The van der Waals surface area contributed by atoms with E-state index in [1.807, 2.05) is 30.3 Å². The monoisotopic (exact) mass is 389 g/mol. The largest absolute Gasteiger partial charge is 0.412 e. The molecule has 24 heavy (non-hydrogen) atoms. The Labute approximate surface area is 150 Å². The van der Waals surface area contributed by atoms with Gasteiger partial charge >= 0.3 is 0 Å². The van der Waals surface area contributed by atoms with Gasteiger partial charge in [-0.25, -0.2) is 4.98 Å². The summed E-state index contributed by atoms with van der Waals surface area (Å²) in [5, 5.41) is 2.93. The molecule has 126 valence electrons. The van der Waals surface area contributed by atoms with Crippen LogP contribution in [0, 0.1) is 0 Å². The minimum Gasteiger partial charge on any atom is -0.412 e. The summed E-state index contributed by atoms with van der Waals surface area (Å²) < 4.78 is 2.15. The fourth-order valence-electron chi connectivity index (χ4n) is 3.15. The third-order valence-corrected chi connectivity index (χ3v) is 4.24. The lowest BCUT2D eigenvalue weighted by molar-refractivity contribution is -0.116. The van der Waals surface area contributed by atoms with Gasteiger partial charge in [0.2, 0.25) is 5.91 Å². The van der Waals surface area contributed by atoms with Gasteiger partial charge in [-0.3, -0.25) is 4.79 Å². The first-order valence-electron chi connectivity index (χ1n) is 7.65. The second kappa shape index (κ2) is 7.15. The van der Waals surface area contributed by atoms with Crippen LogP contribution in [0.2, 0.25) is 0 Å². The molecular weight excluding hydrogens is 370 g/mol. The Morgan fingerprint density at radius 3 is 2.83 bits per heavy atom. The van der Waals surface area contributed by atoms with E-state index in [0.717, 1.165) is 35.4 Å². The molecule has 5 nitrogen and oxygen atoms in total. The first-order chi connectivity index (χ1) is 10.8. The molecule has 6 heteroatoms. The van der Waals surface area contributed by atoms with Crippen LogP contribution in [0.1, 0.15) is 24.6 Å². The Balaban J connectivity index is 0.00000104. The van der Waals surface area contributed by atoms with Crippen molar-refractivity contribution >= 4 is 34.2 Å². The highest BCUT2D eigenvalue weighted by Gasteiger charge is 2.17. The molecule has 3 N–H and O–H groups in total. The van der Waals surface area contributed by atoms with Crippen LogP contribution in [-0.4, -0.2) is 20.8 Å². The van der Waals surface area contributed by atoms with Gasteiger partial charge in [0.25, 0.3) is 0 Å². The van der Waals surface area contributed by atoms with E-state index in [9.17, 15) is 4.79 Å². The summed E-state index contributed by atoms with van der Waals surface area (Å²) in [6.07, 6.45) is 4.34. The predicted octanol–water partition coefficient (Wildman–Crippen LogP) is 3.20. The third-order valence-electron chi connectivity index (χ3n) is 4.24. The zero-order valence-corrected chi connectivity index (χ0v) is 15.1. The summed E-state index contributed by atoms with van der Waals surface area (Å²) in [4.78, 5) is 16.3. The van der Waals surface area contributed by atoms with Crippen LogP contribution in [0.4, 0.5) is 5.69 Å². The number of carbonyl (C=O) groups is 1. The number of amides is 1. The number of anilines is 1. The minimum absolute atomic E-state index is 0. The lowest BCUT2D eigenvalue weighted by Gasteiger charge is -2.17. The summed E-state index contributed by atoms with van der Waals surface area (Å²) >= 11 is 0. The van der Waals surface area contributed by atoms with Gasteiger partial charge in [-0.15, -0.1) is 17.0 Å². The molecule has 0 unspecified atom stereocenters. The number of nitrogens with one attached hydrogen (secondary N) is 1. The molecule has 0 atom stereocenters. The molecule has 0 spiro atoms. The van der Waals surface area contributed by atoms with Gasteiger partial charge in [0.15, 0.2) is 0 Å². The van der Waals surface area contributed by atoms with Gasteiger partial charge < -0.3 is 15.2 Å². The predicted molar refractivity (Wildman–Crippen MR) is 101 cm³/mol. The summed E-state index contributed by atoms with van der Waals surface area (Å²) in [5.41, 5.74) is 6.47. The summed E-state index contributed by atoms with van der Waals surface area (Å²) in [6.45, 7) is 2.15. The molecule has 1 aliphatic rings. The zero-order valence-electron chi connectivity index (χ0n) is 13.4. The van der Waals surface area contributed by atoms with Gasteiger partial charge in [-0.2, -0.15) is 0 Å². The molecule has 0 saturated heterocycles. The zero-order chi connectivity index (χ0) is 15.1. The minimum atomic E-state index is 0. The van der Waals surface area contributed by atoms with Crippen LogP contribution in [0.25, 0.3) is 16.9 Å². The standard InChI is InChI=1S/C18H17N3O.BrH.H2O/c1-2-15-18(20-16-5-3-4-10-21(15)16)13-6-8-14-12(11-13)7-9-17(22)19-14;;/h3-6,8,10-11H,2,7,9H2,1H3,(H,19,22);1H;1H2. The van der Waals surface area contributed by atoms with E-state index >= 15 is 0 Å². The molecule has 2 aromatic heterocycles. The van der Waals surface area contributed by atoms with Crippen molar-refractivity contribution in [1.82, 2.24) is 9.38 Å². The van der Waals surface area contributed by atoms with E-state index in [1.165, 1.54) is 11.3 Å². The second-order valence-corrected chi connectivity index (χ2v) is 5.61. The molecule has 0 bridgehead atoms. The summed E-state index contributed by atoms with van der Waals surface area (Å²) in [5.74, 6) is 0.0993. The number of pyridine rings is 1. The van der Waals surface area contributed by atoms with Crippen LogP contribution in [0.5, 0.6) is 0 Å². The number of imidazole rings is 1. The van der Waals surface area contributed by atoms with E-state index in [-0.39, 0.29) is 28.4 Å². The van der Waals surface area contributed by atoms with Crippen molar-refractivity contribution in [2.75, 3.05) is 5.32 Å². The molecule has 0 fully saturated rings. The number of carbonyl (C=O) groups excluding carboxylic acids is 1. The highest BCUT2D eigenvalue weighted by atomic mass is 79.9. The van der Waals surface area contributed by atoms with Crippen LogP contribution < -0.4 is 5.32 Å². The van der Waals surface area contributed by atoms with Crippen molar-refractivity contribution in [2.24, 2.45) is 0 Å². The lowest BCUT2D eigenvalue weighted by atomic mass is 9.98. The molecule has 1 aromatic carbocycles. The molecule has 1 amide bonds. The van der Waals surface area contributed by atoms with Crippen molar-refractivity contribution in [3.05, 3.63) is 53.9 Å². The molecule has 4 rings (SSSR count). The number of rotatable bonds is 2. The lowest BCUT2D eigenvalue weighted by Crippen LogP contribution is -2.18. The van der Waals surface area contributed by atoms with E-state index in [1.54, 1.807) is 0 Å². The third kappa shape index (κ3) is 2.95. The number of fused-ring (bicyclic) bond motifs is 2. The Hall–Kier alpha value is -2.18. The normalized spacial score (nSPS) is 12.8. The molecule has 0 saturated carbocycles. The highest BCUT2D eigenvalue weighted by molar-refractivity contribution is 8.93. The second-order valence-electron chi connectivity index (χ2n) is 5.61. The van der Waals surface area contributed by atoms with Crippen LogP contribution in [0.15, 0.2) is 42.6 Å². The van der Waals surface area contributed by atoms with E-state index in [4.69, 9.17) is 4.98 Å². The Morgan fingerprint density at radius 1 is 1.21 bits per heavy atom. The van der Waals surface area contributed by atoms with E-state index < -0.39 is 0 Å². The summed E-state index contributed by atoms with van der Waals surface area (Å²) in [7, 11) is 0. The number of aromatic nitrogens is 2. The number of halogens is 1. The van der Waals surface area contributed by atoms with Crippen molar-refractivity contribution in [2.45, 2.75) is 26.2 Å². The fourth-order valence-corrected chi connectivity index (χ4v) is 3.15. The van der Waals surface area contributed by atoms with Gasteiger partial charge in [0.1, 0.15) is 5.65 Å². The first-order valence-corrected chi connectivity index (χ1v) is 7.65. The average Bonchev–Trinajstić information content (AvgIpc) is 2.93. The Morgan fingerprint density at radius 2 is 2.04 bits per heavy atom. The van der Waals surface area contributed by atoms with Crippen molar-refractivity contribution in [1.29, 1.82) is 0 Å². The molecule has 0 aliphatic carbocycles. The molecule has 3 aromatic rings. The molecule has 0 radical (unpaired) electrons. The molecule has 3 heterocycles. The maximum absolute atomic E-state index is 11.5.